The van der Waals surface area contributed by atoms with Gasteiger partial charge in [-0.3, -0.25) is 9.79 Å². The first kappa shape index (κ1) is 20.7. The van der Waals surface area contributed by atoms with Crippen LogP contribution in [0.3, 0.4) is 0 Å². The molecule has 134 valence electrons. The number of benzene rings is 1. The number of hydrogen-bond acceptors (Lipinski definition) is 2. The van der Waals surface area contributed by atoms with E-state index < -0.39 is 0 Å². The molecule has 1 amide bonds. The number of guanidine groups is 1. The highest BCUT2D eigenvalue weighted by atomic mass is 127. The van der Waals surface area contributed by atoms with Gasteiger partial charge in [0.25, 0.3) is 5.91 Å². The van der Waals surface area contributed by atoms with E-state index in [2.05, 4.69) is 15.6 Å². The maximum atomic E-state index is 11.6. The summed E-state index contributed by atoms with van der Waals surface area (Å²) in [7, 11) is 1.64. The number of nitrogens with one attached hydrogen (secondary N) is 2. The van der Waals surface area contributed by atoms with Crippen molar-refractivity contribution >= 4 is 35.8 Å². The molecule has 24 heavy (non-hydrogen) atoms. The molecule has 6 heteroatoms. The molecule has 0 saturated heterocycles. The van der Waals surface area contributed by atoms with Crippen molar-refractivity contribution in [2.75, 3.05) is 13.6 Å². The summed E-state index contributed by atoms with van der Waals surface area (Å²) in [5, 5.41) is 5.98. The van der Waals surface area contributed by atoms with Crippen molar-refractivity contribution < 1.29 is 4.79 Å². The van der Waals surface area contributed by atoms with Gasteiger partial charge in [-0.1, -0.05) is 37.8 Å². The minimum atomic E-state index is -0.0649. The fourth-order valence-corrected chi connectivity index (χ4v) is 3.00. The number of hydrogen-bond donors (Lipinski definition) is 3. The molecule has 1 aliphatic rings. The number of carbonyl (C=O) groups is 1. The summed E-state index contributed by atoms with van der Waals surface area (Å²) in [6.07, 6.45) is 8.36. The maximum absolute atomic E-state index is 11.6. The molecule has 0 bridgehead atoms. The van der Waals surface area contributed by atoms with Crippen LogP contribution < -0.4 is 16.4 Å². The fraction of sp³-hybridized carbons (Fsp3) is 0.556. The minimum Gasteiger partial charge on any atom is -0.370 e. The van der Waals surface area contributed by atoms with Crippen LogP contribution in [0.4, 0.5) is 0 Å². The molecule has 1 aromatic rings. The summed E-state index contributed by atoms with van der Waals surface area (Å²) >= 11 is 0. The van der Waals surface area contributed by atoms with Gasteiger partial charge in [-0.05, 0) is 37.0 Å². The summed E-state index contributed by atoms with van der Waals surface area (Å²) < 4.78 is 0. The lowest BCUT2D eigenvalue weighted by atomic mass is 10.1. The van der Waals surface area contributed by atoms with Crippen LogP contribution in [-0.2, 0) is 6.42 Å². The lowest BCUT2D eigenvalue weighted by Gasteiger charge is -2.16. The number of nitrogens with two attached hydrogens (primary N) is 1. The van der Waals surface area contributed by atoms with Gasteiger partial charge in [0.05, 0.1) is 0 Å². The van der Waals surface area contributed by atoms with Crippen molar-refractivity contribution in [1.82, 2.24) is 10.6 Å². The van der Waals surface area contributed by atoms with E-state index in [-0.39, 0.29) is 29.9 Å². The van der Waals surface area contributed by atoms with Crippen molar-refractivity contribution in [2.45, 2.75) is 51.0 Å². The molecular formula is C18H29IN4O. The third-order valence-corrected chi connectivity index (χ3v) is 4.31. The van der Waals surface area contributed by atoms with Gasteiger partial charge in [0.1, 0.15) is 0 Å². The molecule has 2 rings (SSSR count). The predicted molar refractivity (Wildman–Crippen MR) is 110 cm³/mol. The monoisotopic (exact) mass is 444 g/mol. The normalized spacial score (nSPS) is 16.0. The molecule has 1 fully saturated rings. The molecule has 0 aromatic heterocycles. The van der Waals surface area contributed by atoms with Crippen LogP contribution in [0.2, 0.25) is 0 Å². The highest BCUT2D eigenvalue weighted by Gasteiger charge is 2.12. The van der Waals surface area contributed by atoms with E-state index in [9.17, 15) is 4.79 Å². The summed E-state index contributed by atoms with van der Waals surface area (Å²) in [5.41, 5.74) is 7.77. The molecule has 0 spiro atoms. The minimum absolute atomic E-state index is 0. The van der Waals surface area contributed by atoms with Crippen LogP contribution in [0, 0.1) is 0 Å². The average molecular weight is 444 g/mol. The Bertz CT molecular complexity index is 540. The Hall–Kier alpha value is -1.31. The van der Waals surface area contributed by atoms with Gasteiger partial charge >= 0.3 is 0 Å². The van der Waals surface area contributed by atoms with Crippen LogP contribution >= 0.6 is 24.0 Å². The van der Waals surface area contributed by atoms with Gasteiger partial charge in [-0.15, -0.1) is 24.0 Å². The number of aliphatic imine (C=N–C) groups is 1. The van der Waals surface area contributed by atoms with E-state index >= 15 is 0 Å². The summed E-state index contributed by atoms with van der Waals surface area (Å²) in [5.74, 6) is 0.476. The molecule has 0 atom stereocenters. The Morgan fingerprint density at radius 2 is 1.96 bits per heavy atom. The molecule has 4 N–H and O–H groups in total. The Balaban J connectivity index is 0.00000288. The molecule has 0 radical (unpaired) electrons. The van der Waals surface area contributed by atoms with Crippen molar-refractivity contribution in [3.63, 3.8) is 0 Å². The van der Waals surface area contributed by atoms with Gasteiger partial charge < -0.3 is 16.4 Å². The highest BCUT2D eigenvalue weighted by molar-refractivity contribution is 14.0. The number of halogens is 1. The fourth-order valence-electron chi connectivity index (χ4n) is 3.00. The standard InChI is InChI=1S/C18H28N4O.HI/c1-20-17(23)15-8-6-7-14(13-15)11-12-21-18(19)22-16-9-4-2-3-5-10-16;/h6-8,13,16H,2-5,9-12H2,1H3,(H,20,23)(H3,19,21,22);1H. The molecule has 1 aromatic carbocycles. The second-order valence-electron chi connectivity index (χ2n) is 6.13. The quantitative estimate of drug-likeness (QED) is 0.283. The number of rotatable bonds is 5. The summed E-state index contributed by atoms with van der Waals surface area (Å²) in [4.78, 5) is 16.1. The van der Waals surface area contributed by atoms with E-state index in [1.807, 2.05) is 24.3 Å². The number of amides is 1. The predicted octanol–water partition coefficient (Wildman–Crippen LogP) is 2.83. The molecule has 0 unspecified atom stereocenters. The number of carbonyl (C=O) groups excluding carboxylic acids is 1. The molecule has 1 aliphatic carbocycles. The third-order valence-electron chi connectivity index (χ3n) is 4.31. The molecule has 0 aliphatic heterocycles. The molecular weight excluding hydrogens is 415 g/mol. The van der Waals surface area contributed by atoms with Crippen LogP contribution in [-0.4, -0.2) is 31.5 Å². The van der Waals surface area contributed by atoms with Crippen LogP contribution in [0.15, 0.2) is 29.3 Å². The van der Waals surface area contributed by atoms with Crippen molar-refractivity contribution in [1.29, 1.82) is 0 Å². The van der Waals surface area contributed by atoms with Crippen molar-refractivity contribution in [3.8, 4) is 0 Å². The lowest BCUT2D eigenvalue weighted by molar-refractivity contribution is 0.0963. The summed E-state index contributed by atoms with van der Waals surface area (Å²) in [6, 6.07) is 8.10. The van der Waals surface area contributed by atoms with Crippen molar-refractivity contribution in [2.24, 2.45) is 10.7 Å². The van der Waals surface area contributed by atoms with Gasteiger partial charge in [-0.2, -0.15) is 0 Å². The second-order valence-corrected chi connectivity index (χ2v) is 6.13. The third kappa shape index (κ3) is 7.07. The van der Waals surface area contributed by atoms with E-state index in [0.29, 0.717) is 24.1 Å². The lowest BCUT2D eigenvalue weighted by Crippen LogP contribution is -2.40. The average Bonchev–Trinajstić information content (AvgIpc) is 2.83. The van der Waals surface area contributed by atoms with E-state index in [1.165, 1.54) is 38.5 Å². The zero-order valence-electron chi connectivity index (χ0n) is 14.4. The van der Waals surface area contributed by atoms with Crippen LogP contribution in [0.25, 0.3) is 0 Å². The topological polar surface area (TPSA) is 79.5 Å². The second kappa shape index (κ2) is 11.3. The van der Waals surface area contributed by atoms with E-state index in [1.54, 1.807) is 7.05 Å². The number of nitrogens with zero attached hydrogens (tertiary/aromatic N) is 1. The summed E-state index contributed by atoms with van der Waals surface area (Å²) in [6.45, 7) is 0.628. The Kier molecular flexibility index (Phi) is 9.75. The molecule has 1 saturated carbocycles. The van der Waals surface area contributed by atoms with E-state index in [0.717, 1.165) is 12.0 Å². The Labute approximate surface area is 161 Å². The first-order valence-electron chi connectivity index (χ1n) is 8.56. The van der Waals surface area contributed by atoms with Gasteiger partial charge in [0, 0.05) is 25.2 Å². The first-order valence-corrected chi connectivity index (χ1v) is 8.56. The van der Waals surface area contributed by atoms with E-state index in [4.69, 9.17) is 5.73 Å². The first-order chi connectivity index (χ1) is 11.2. The van der Waals surface area contributed by atoms with Crippen LogP contribution in [0.1, 0.15) is 54.4 Å². The van der Waals surface area contributed by atoms with Crippen molar-refractivity contribution in [3.05, 3.63) is 35.4 Å². The SMILES string of the molecule is CNC(=O)c1cccc(CCN=C(N)NC2CCCCCC2)c1.I. The Morgan fingerprint density at radius 3 is 2.62 bits per heavy atom. The highest BCUT2D eigenvalue weighted by Crippen LogP contribution is 2.16. The Morgan fingerprint density at radius 1 is 1.25 bits per heavy atom. The zero-order valence-corrected chi connectivity index (χ0v) is 16.7. The van der Waals surface area contributed by atoms with Gasteiger partial charge in [-0.25, -0.2) is 0 Å². The zero-order chi connectivity index (χ0) is 16.5. The largest absolute Gasteiger partial charge is 0.370 e. The molecule has 5 nitrogen and oxygen atoms in total. The smallest absolute Gasteiger partial charge is 0.251 e. The molecule has 0 heterocycles. The maximum Gasteiger partial charge on any atom is 0.251 e. The van der Waals surface area contributed by atoms with Gasteiger partial charge in [0.15, 0.2) is 5.96 Å². The van der Waals surface area contributed by atoms with Gasteiger partial charge in [0.2, 0.25) is 0 Å². The van der Waals surface area contributed by atoms with Crippen LogP contribution in [0.5, 0.6) is 0 Å².